The van der Waals surface area contributed by atoms with Crippen LogP contribution in [0.5, 0.6) is 0 Å². The Labute approximate surface area is 158 Å². The fraction of sp³-hybridized carbons (Fsp3) is 0.476. The van der Waals surface area contributed by atoms with Crippen LogP contribution in [-0.4, -0.2) is 33.3 Å². The molecule has 1 aromatic heterocycles. The zero-order valence-electron chi connectivity index (χ0n) is 15.4. The van der Waals surface area contributed by atoms with Crippen molar-refractivity contribution in [1.82, 2.24) is 15.1 Å². The molecule has 0 atom stereocenters. The molecule has 2 N–H and O–H groups in total. The highest BCUT2D eigenvalue weighted by molar-refractivity contribution is 5.96. The predicted molar refractivity (Wildman–Crippen MR) is 101 cm³/mol. The molecule has 1 heterocycles. The van der Waals surface area contributed by atoms with E-state index in [2.05, 4.69) is 10.4 Å². The molecule has 0 saturated heterocycles. The third-order valence-corrected chi connectivity index (χ3v) is 5.87. The van der Waals surface area contributed by atoms with E-state index in [9.17, 15) is 14.7 Å². The van der Waals surface area contributed by atoms with Crippen molar-refractivity contribution in [3.63, 3.8) is 0 Å². The van der Waals surface area contributed by atoms with Crippen molar-refractivity contribution in [2.75, 3.05) is 6.54 Å². The zero-order valence-corrected chi connectivity index (χ0v) is 15.4. The van der Waals surface area contributed by atoms with Gasteiger partial charge in [-0.2, -0.15) is 5.10 Å². The Balaban J connectivity index is 1.56. The molecule has 0 unspecified atom stereocenters. The largest absolute Gasteiger partial charge is 0.481 e. The van der Waals surface area contributed by atoms with Gasteiger partial charge in [0.1, 0.15) is 0 Å². The molecular formula is C21H25N3O3. The minimum atomic E-state index is -0.830. The minimum absolute atomic E-state index is 0.182. The second-order valence-electron chi connectivity index (χ2n) is 7.79. The van der Waals surface area contributed by atoms with Gasteiger partial charge in [-0.15, -0.1) is 0 Å². The van der Waals surface area contributed by atoms with Gasteiger partial charge in [-0.3, -0.25) is 9.59 Å². The molecule has 6 heteroatoms. The molecule has 0 aliphatic heterocycles. The van der Waals surface area contributed by atoms with Crippen LogP contribution in [0, 0.1) is 5.41 Å². The number of aromatic nitrogens is 2. The Morgan fingerprint density at radius 1 is 1.15 bits per heavy atom. The number of para-hydroxylation sites is 1. The van der Waals surface area contributed by atoms with Crippen molar-refractivity contribution in [2.45, 2.75) is 50.9 Å². The van der Waals surface area contributed by atoms with Gasteiger partial charge < -0.3 is 10.4 Å². The van der Waals surface area contributed by atoms with Crippen LogP contribution in [0.15, 0.2) is 36.5 Å². The summed E-state index contributed by atoms with van der Waals surface area (Å²) in [7, 11) is 0. The van der Waals surface area contributed by atoms with Crippen molar-refractivity contribution in [1.29, 1.82) is 0 Å². The van der Waals surface area contributed by atoms with E-state index in [4.69, 9.17) is 0 Å². The molecule has 142 valence electrons. The zero-order chi connectivity index (χ0) is 18.9. The van der Waals surface area contributed by atoms with Crippen molar-refractivity contribution >= 4 is 11.9 Å². The summed E-state index contributed by atoms with van der Waals surface area (Å²) in [5.41, 5.74) is 1.61. The molecule has 0 radical (unpaired) electrons. The first-order valence-corrected chi connectivity index (χ1v) is 9.76. The highest BCUT2D eigenvalue weighted by Crippen LogP contribution is 2.42. The first-order valence-electron chi connectivity index (χ1n) is 9.76. The van der Waals surface area contributed by atoms with E-state index >= 15 is 0 Å². The lowest BCUT2D eigenvalue weighted by atomic mass is 9.74. The Hall–Kier alpha value is -2.63. The van der Waals surface area contributed by atoms with Gasteiger partial charge in [0.15, 0.2) is 0 Å². The number of carbonyl (C=O) groups excluding carboxylic acids is 1. The van der Waals surface area contributed by atoms with Crippen LogP contribution >= 0.6 is 0 Å². The lowest BCUT2D eigenvalue weighted by Crippen LogP contribution is -2.44. The van der Waals surface area contributed by atoms with Gasteiger partial charge in [0.25, 0.3) is 5.91 Å². The van der Waals surface area contributed by atoms with E-state index in [1.54, 1.807) is 6.20 Å². The second kappa shape index (κ2) is 7.18. The number of carboxylic acids is 1. The number of benzene rings is 1. The maximum Gasteiger partial charge on any atom is 0.311 e. The number of amides is 1. The number of aliphatic carboxylic acids is 1. The smallest absolute Gasteiger partial charge is 0.311 e. The Morgan fingerprint density at radius 2 is 1.85 bits per heavy atom. The predicted octanol–water partition coefficient (Wildman–Crippen LogP) is 3.51. The van der Waals surface area contributed by atoms with Crippen LogP contribution in [0.2, 0.25) is 0 Å². The summed E-state index contributed by atoms with van der Waals surface area (Å²) in [6.45, 7) is 0.182. The highest BCUT2D eigenvalue weighted by atomic mass is 16.4. The fourth-order valence-electron chi connectivity index (χ4n) is 4.10. The Morgan fingerprint density at radius 3 is 2.48 bits per heavy atom. The Bertz CT molecular complexity index is 834. The molecule has 2 aromatic rings. The Kier molecular flexibility index (Phi) is 4.72. The van der Waals surface area contributed by atoms with E-state index in [0.29, 0.717) is 24.3 Å². The van der Waals surface area contributed by atoms with Gasteiger partial charge in [0.05, 0.1) is 28.6 Å². The molecule has 6 nitrogen and oxygen atoms in total. The SMILES string of the molecule is O=C(NCC1(C(=O)O)CCCCC1)c1cnn(-c2ccccc2)c1C1CC1. The topological polar surface area (TPSA) is 84.2 Å². The van der Waals surface area contributed by atoms with Crippen LogP contribution < -0.4 is 5.32 Å². The molecule has 0 spiro atoms. The summed E-state index contributed by atoms with van der Waals surface area (Å²) in [4.78, 5) is 24.7. The van der Waals surface area contributed by atoms with E-state index in [-0.39, 0.29) is 12.5 Å². The van der Waals surface area contributed by atoms with Gasteiger partial charge in [-0.05, 0) is 37.8 Å². The molecule has 4 rings (SSSR count). The number of nitrogens with zero attached hydrogens (tertiary/aromatic N) is 2. The van der Waals surface area contributed by atoms with E-state index in [1.165, 1.54) is 0 Å². The van der Waals surface area contributed by atoms with Gasteiger partial charge in [0.2, 0.25) is 0 Å². The number of rotatable bonds is 6. The summed E-state index contributed by atoms with van der Waals surface area (Å²) in [6.07, 6.45) is 7.85. The molecule has 2 fully saturated rings. The fourth-order valence-corrected chi connectivity index (χ4v) is 4.10. The minimum Gasteiger partial charge on any atom is -0.481 e. The van der Waals surface area contributed by atoms with Crippen molar-refractivity contribution < 1.29 is 14.7 Å². The van der Waals surface area contributed by atoms with E-state index in [0.717, 1.165) is 43.5 Å². The van der Waals surface area contributed by atoms with Gasteiger partial charge in [-0.25, -0.2) is 4.68 Å². The quantitative estimate of drug-likeness (QED) is 0.818. The number of carboxylic acid groups (broad SMARTS) is 1. The van der Waals surface area contributed by atoms with Gasteiger partial charge >= 0.3 is 5.97 Å². The molecular weight excluding hydrogens is 342 g/mol. The van der Waals surface area contributed by atoms with Gasteiger partial charge in [-0.1, -0.05) is 37.5 Å². The number of hydrogen-bond acceptors (Lipinski definition) is 3. The molecule has 2 aliphatic carbocycles. The van der Waals surface area contributed by atoms with E-state index in [1.807, 2.05) is 35.0 Å². The monoisotopic (exact) mass is 367 g/mol. The summed E-state index contributed by atoms with van der Waals surface area (Å²) in [5, 5.41) is 17.1. The average molecular weight is 367 g/mol. The lowest BCUT2D eigenvalue weighted by molar-refractivity contribution is -0.150. The van der Waals surface area contributed by atoms with Crippen LogP contribution in [0.4, 0.5) is 0 Å². The number of hydrogen-bond donors (Lipinski definition) is 2. The van der Waals surface area contributed by atoms with E-state index < -0.39 is 11.4 Å². The summed E-state index contributed by atoms with van der Waals surface area (Å²) in [6, 6.07) is 9.80. The molecule has 2 saturated carbocycles. The van der Waals surface area contributed by atoms with Crippen molar-refractivity contribution in [3.8, 4) is 5.69 Å². The molecule has 1 amide bonds. The third kappa shape index (κ3) is 3.48. The van der Waals surface area contributed by atoms with Crippen LogP contribution in [0.3, 0.4) is 0 Å². The molecule has 2 aliphatic rings. The highest BCUT2D eigenvalue weighted by Gasteiger charge is 2.40. The van der Waals surface area contributed by atoms with Crippen LogP contribution in [-0.2, 0) is 4.79 Å². The number of nitrogens with one attached hydrogen (secondary N) is 1. The normalized spacial score (nSPS) is 18.8. The summed E-state index contributed by atoms with van der Waals surface area (Å²) < 4.78 is 1.85. The molecule has 27 heavy (non-hydrogen) atoms. The van der Waals surface area contributed by atoms with Crippen LogP contribution in [0.25, 0.3) is 5.69 Å². The second-order valence-corrected chi connectivity index (χ2v) is 7.79. The number of carbonyl (C=O) groups is 2. The maximum atomic E-state index is 12.9. The molecule has 0 bridgehead atoms. The standard InChI is InChI=1S/C21H25N3O3/c25-19(22-14-21(20(26)27)11-5-2-6-12-21)17-13-23-24(18(17)15-9-10-15)16-7-3-1-4-8-16/h1,3-4,7-8,13,15H,2,5-6,9-12,14H2,(H,22,25)(H,26,27). The average Bonchev–Trinajstić information content (AvgIpc) is 3.45. The molecule has 1 aromatic carbocycles. The first-order chi connectivity index (χ1) is 13.1. The first kappa shape index (κ1) is 17.8. The summed E-state index contributed by atoms with van der Waals surface area (Å²) >= 11 is 0. The maximum absolute atomic E-state index is 12.9. The van der Waals surface area contributed by atoms with Crippen LogP contribution in [0.1, 0.15) is 66.9 Å². The van der Waals surface area contributed by atoms with Gasteiger partial charge in [0, 0.05) is 12.5 Å². The van der Waals surface area contributed by atoms with Crippen molar-refractivity contribution in [3.05, 3.63) is 47.8 Å². The van der Waals surface area contributed by atoms with Crippen molar-refractivity contribution in [2.24, 2.45) is 5.41 Å². The lowest BCUT2D eigenvalue weighted by Gasteiger charge is -2.33. The third-order valence-electron chi connectivity index (χ3n) is 5.87. The summed E-state index contributed by atoms with van der Waals surface area (Å²) in [5.74, 6) is -0.674.